The summed E-state index contributed by atoms with van der Waals surface area (Å²) >= 11 is 3.32. The number of benzene rings is 2. The Kier molecular flexibility index (Phi) is 6.43. The van der Waals surface area contributed by atoms with Crippen molar-refractivity contribution >= 4 is 33.4 Å². The molecule has 2 heterocycles. The van der Waals surface area contributed by atoms with Gasteiger partial charge in [-0.25, -0.2) is 0 Å². The lowest BCUT2D eigenvalue weighted by atomic mass is 9.93. The molecule has 1 saturated heterocycles. The summed E-state index contributed by atoms with van der Waals surface area (Å²) in [5, 5.41) is 21.7. The topological polar surface area (TPSA) is 100.0 Å². The zero-order chi connectivity index (χ0) is 24.6. The van der Waals surface area contributed by atoms with Crippen LogP contribution in [0.15, 0.2) is 64.9 Å². The lowest BCUT2D eigenvalue weighted by Gasteiger charge is -2.26. The van der Waals surface area contributed by atoms with Crippen LogP contribution in [0.5, 0.6) is 11.5 Å². The van der Waals surface area contributed by atoms with Gasteiger partial charge in [-0.2, -0.15) is 0 Å². The van der Waals surface area contributed by atoms with Crippen molar-refractivity contribution in [1.29, 1.82) is 0 Å². The standard InChI is InChI=1S/C26H23BrN2O5/c1-14-4-5-15(2)18(10-14)23(30)21-22(17-11-19(27)24(31)20(12-17)34-3)29(26(33)25(21)32)13-16-6-8-28-9-7-16/h4-12,22,30-31H,13H2,1-3H3. The number of ether oxygens (including phenoxy) is 1. The highest BCUT2D eigenvalue weighted by molar-refractivity contribution is 9.10. The van der Waals surface area contributed by atoms with E-state index in [0.717, 1.165) is 16.7 Å². The Balaban J connectivity index is 1.96. The molecule has 0 spiro atoms. The number of methoxy groups -OCH3 is 1. The Morgan fingerprint density at radius 2 is 1.82 bits per heavy atom. The summed E-state index contributed by atoms with van der Waals surface area (Å²) in [5.41, 5.74) is 3.42. The second-order valence-electron chi connectivity index (χ2n) is 8.15. The summed E-state index contributed by atoms with van der Waals surface area (Å²) in [7, 11) is 1.41. The van der Waals surface area contributed by atoms with E-state index in [1.807, 2.05) is 26.0 Å². The molecule has 174 valence electrons. The van der Waals surface area contributed by atoms with Crippen LogP contribution in [0.1, 0.15) is 33.9 Å². The number of aromatic hydroxyl groups is 1. The number of hydrogen-bond donors (Lipinski definition) is 2. The minimum Gasteiger partial charge on any atom is -0.507 e. The molecule has 3 aromatic rings. The summed E-state index contributed by atoms with van der Waals surface area (Å²) in [6, 6.07) is 11.3. The Labute approximate surface area is 205 Å². The Bertz CT molecular complexity index is 1320. The summed E-state index contributed by atoms with van der Waals surface area (Å²) < 4.78 is 5.63. The van der Waals surface area contributed by atoms with E-state index in [0.29, 0.717) is 15.6 Å². The van der Waals surface area contributed by atoms with Crippen molar-refractivity contribution in [3.05, 3.63) is 92.7 Å². The quantitative estimate of drug-likeness (QED) is 0.283. The summed E-state index contributed by atoms with van der Waals surface area (Å²) in [6.45, 7) is 3.84. The third kappa shape index (κ3) is 4.17. The average molecular weight is 523 g/mol. The lowest BCUT2D eigenvalue weighted by Crippen LogP contribution is -2.29. The molecule has 0 saturated carbocycles. The van der Waals surface area contributed by atoms with Crippen LogP contribution < -0.4 is 4.74 Å². The van der Waals surface area contributed by atoms with Gasteiger partial charge in [0.25, 0.3) is 11.7 Å². The summed E-state index contributed by atoms with van der Waals surface area (Å²) in [5.74, 6) is -1.68. The molecule has 1 aromatic heterocycles. The predicted molar refractivity (Wildman–Crippen MR) is 130 cm³/mol. The average Bonchev–Trinajstić information content (AvgIpc) is 3.07. The van der Waals surface area contributed by atoms with Gasteiger partial charge in [-0.05, 0) is 76.8 Å². The van der Waals surface area contributed by atoms with E-state index in [1.165, 1.54) is 12.0 Å². The van der Waals surface area contributed by atoms with E-state index in [2.05, 4.69) is 20.9 Å². The number of ketones is 1. The molecule has 4 rings (SSSR count). The predicted octanol–water partition coefficient (Wildman–Crippen LogP) is 4.80. The van der Waals surface area contributed by atoms with Crippen LogP contribution in [0.25, 0.3) is 5.76 Å². The fourth-order valence-corrected chi connectivity index (χ4v) is 4.58. The Morgan fingerprint density at radius 1 is 1.12 bits per heavy atom. The van der Waals surface area contributed by atoms with Crippen LogP contribution in [0.4, 0.5) is 0 Å². The largest absolute Gasteiger partial charge is 0.507 e. The number of hydrogen-bond acceptors (Lipinski definition) is 6. The van der Waals surface area contributed by atoms with Gasteiger partial charge in [0.2, 0.25) is 0 Å². The number of aryl methyl sites for hydroxylation is 2. The third-order valence-corrected chi connectivity index (χ3v) is 6.48. The zero-order valence-electron chi connectivity index (χ0n) is 18.9. The van der Waals surface area contributed by atoms with Crippen LogP contribution >= 0.6 is 15.9 Å². The fraction of sp³-hybridized carbons (Fsp3) is 0.192. The van der Waals surface area contributed by atoms with Crippen molar-refractivity contribution in [2.45, 2.75) is 26.4 Å². The SMILES string of the molecule is COc1cc(C2C(=C(O)c3cc(C)ccc3C)C(=O)C(=O)N2Cc2ccncc2)cc(Br)c1O. The Morgan fingerprint density at radius 3 is 2.50 bits per heavy atom. The highest BCUT2D eigenvalue weighted by atomic mass is 79.9. The van der Waals surface area contributed by atoms with Gasteiger partial charge in [0, 0.05) is 24.5 Å². The van der Waals surface area contributed by atoms with Crippen molar-refractivity contribution in [3.8, 4) is 11.5 Å². The number of nitrogens with zero attached hydrogens (tertiary/aromatic N) is 2. The number of halogens is 1. The molecule has 1 unspecified atom stereocenters. The highest BCUT2D eigenvalue weighted by Gasteiger charge is 2.46. The number of pyridine rings is 1. The molecule has 8 heteroatoms. The molecule has 1 amide bonds. The van der Waals surface area contributed by atoms with Crippen LogP contribution in [-0.2, 0) is 16.1 Å². The van der Waals surface area contributed by atoms with Gasteiger partial charge >= 0.3 is 0 Å². The smallest absolute Gasteiger partial charge is 0.295 e. The maximum absolute atomic E-state index is 13.3. The molecular formula is C26H23BrN2O5. The van der Waals surface area contributed by atoms with Gasteiger partial charge in [0.1, 0.15) is 5.76 Å². The zero-order valence-corrected chi connectivity index (χ0v) is 20.5. The highest BCUT2D eigenvalue weighted by Crippen LogP contribution is 2.45. The van der Waals surface area contributed by atoms with Gasteiger partial charge in [-0.15, -0.1) is 0 Å². The van der Waals surface area contributed by atoms with Crippen LogP contribution in [-0.4, -0.2) is 38.9 Å². The van der Waals surface area contributed by atoms with Crippen LogP contribution in [0.3, 0.4) is 0 Å². The maximum atomic E-state index is 13.3. The first kappa shape index (κ1) is 23.5. The number of carbonyl (C=O) groups is 2. The molecule has 1 atom stereocenters. The molecule has 1 aliphatic heterocycles. The number of carbonyl (C=O) groups excluding carboxylic acids is 2. The summed E-state index contributed by atoms with van der Waals surface area (Å²) in [6.07, 6.45) is 3.22. The first-order chi connectivity index (χ1) is 16.2. The monoisotopic (exact) mass is 522 g/mol. The number of likely N-dealkylation sites (tertiary alicyclic amines) is 1. The van der Waals surface area contributed by atoms with Crippen molar-refractivity contribution in [3.63, 3.8) is 0 Å². The number of aliphatic hydroxyl groups is 1. The molecule has 0 aliphatic carbocycles. The van der Waals surface area contributed by atoms with E-state index < -0.39 is 17.7 Å². The van der Waals surface area contributed by atoms with Gasteiger partial charge in [-0.3, -0.25) is 14.6 Å². The first-order valence-electron chi connectivity index (χ1n) is 10.5. The summed E-state index contributed by atoms with van der Waals surface area (Å²) in [4.78, 5) is 31.9. The lowest BCUT2D eigenvalue weighted by molar-refractivity contribution is -0.140. The third-order valence-electron chi connectivity index (χ3n) is 5.88. The first-order valence-corrected chi connectivity index (χ1v) is 11.3. The molecular weight excluding hydrogens is 500 g/mol. The maximum Gasteiger partial charge on any atom is 0.295 e. The molecule has 1 fully saturated rings. The number of amides is 1. The number of phenols is 1. The molecule has 1 aliphatic rings. The van der Waals surface area contributed by atoms with Crippen molar-refractivity contribution in [2.24, 2.45) is 0 Å². The number of rotatable bonds is 5. The Hall–Kier alpha value is -3.65. The number of aromatic nitrogens is 1. The fourth-order valence-electron chi connectivity index (χ4n) is 4.12. The van der Waals surface area contributed by atoms with Crippen molar-refractivity contribution in [1.82, 2.24) is 9.88 Å². The molecule has 7 nitrogen and oxygen atoms in total. The van der Waals surface area contributed by atoms with E-state index in [9.17, 15) is 19.8 Å². The molecule has 0 bridgehead atoms. The second kappa shape index (κ2) is 9.30. The van der Waals surface area contributed by atoms with E-state index in [4.69, 9.17) is 4.74 Å². The van der Waals surface area contributed by atoms with Crippen molar-refractivity contribution in [2.75, 3.05) is 7.11 Å². The van der Waals surface area contributed by atoms with E-state index in [-0.39, 0.29) is 29.4 Å². The molecule has 34 heavy (non-hydrogen) atoms. The molecule has 2 N–H and O–H groups in total. The molecule has 2 aromatic carbocycles. The van der Waals surface area contributed by atoms with E-state index >= 15 is 0 Å². The van der Waals surface area contributed by atoms with Gasteiger partial charge in [0.15, 0.2) is 11.5 Å². The van der Waals surface area contributed by atoms with Gasteiger partial charge < -0.3 is 19.8 Å². The van der Waals surface area contributed by atoms with E-state index in [1.54, 1.807) is 42.7 Å². The van der Waals surface area contributed by atoms with Gasteiger partial charge in [-0.1, -0.05) is 17.7 Å². The second-order valence-corrected chi connectivity index (χ2v) is 9.01. The number of phenolic OH excluding ortho intramolecular Hbond substituents is 1. The van der Waals surface area contributed by atoms with Crippen LogP contribution in [0.2, 0.25) is 0 Å². The minimum absolute atomic E-state index is 0.0209. The number of aliphatic hydroxyl groups excluding tert-OH is 1. The normalized spacial score (nSPS) is 17.3. The number of Topliss-reactive ketones (excluding diaryl/α,β-unsaturated/α-hetero) is 1. The van der Waals surface area contributed by atoms with Gasteiger partial charge in [0.05, 0.1) is 23.2 Å². The van der Waals surface area contributed by atoms with Crippen LogP contribution in [0, 0.1) is 13.8 Å². The molecule has 0 radical (unpaired) electrons. The minimum atomic E-state index is -0.904. The van der Waals surface area contributed by atoms with Crippen molar-refractivity contribution < 1.29 is 24.5 Å².